The lowest BCUT2D eigenvalue weighted by Crippen LogP contribution is -2.34. The van der Waals surface area contributed by atoms with E-state index in [-0.39, 0.29) is 43.7 Å². The van der Waals surface area contributed by atoms with E-state index in [1.54, 1.807) is 0 Å². The Kier molecular flexibility index (Phi) is 5.91. The Morgan fingerprint density at radius 3 is 2.65 bits per heavy atom. The molecule has 0 saturated carbocycles. The number of H-pyrrole nitrogens is 1. The van der Waals surface area contributed by atoms with E-state index in [0.29, 0.717) is 10.6 Å². The number of methoxy groups -OCH3 is 1. The first kappa shape index (κ1) is 24.1. The highest BCUT2D eigenvalue weighted by Crippen LogP contribution is 2.33. The van der Waals surface area contributed by atoms with Gasteiger partial charge in [-0.05, 0) is 12.1 Å². The number of thiophene rings is 1. The second-order valence-corrected chi connectivity index (χ2v) is 8.57. The smallest absolute Gasteiger partial charge is 0.346 e. The van der Waals surface area contributed by atoms with Crippen molar-refractivity contribution in [3.8, 4) is 17.2 Å². The van der Waals surface area contributed by atoms with E-state index in [9.17, 15) is 28.3 Å². The number of pyridine rings is 1. The fourth-order valence-electron chi connectivity index (χ4n) is 3.90. The molecule has 37 heavy (non-hydrogen) atoms. The third-order valence-corrected chi connectivity index (χ3v) is 6.55. The third-order valence-electron chi connectivity index (χ3n) is 5.59. The molecule has 188 valence electrons. The Labute approximate surface area is 208 Å². The van der Waals surface area contributed by atoms with Gasteiger partial charge in [0.2, 0.25) is 0 Å². The molecule has 0 bridgehead atoms. The topological polar surface area (TPSA) is 124 Å². The molecule has 0 fully saturated rings. The molecule has 5 rings (SSSR count). The number of halogens is 3. The van der Waals surface area contributed by atoms with E-state index < -0.39 is 47.0 Å². The molecule has 5 aromatic rings. The molecule has 0 amide bonds. The summed E-state index contributed by atoms with van der Waals surface area (Å²) in [6.45, 7) is -0.487. The molecule has 0 atom stereocenters. The van der Waals surface area contributed by atoms with Crippen LogP contribution in [0.1, 0.15) is 15.2 Å². The van der Waals surface area contributed by atoms with Crippen LogP contribution in [0.5, 0.6) is 11.5 Å². The van der Waals surface area contributed by atoms with Gasteiger partial charge in [-0.3, -0.25) is 9.78 Å². The van der Waals surface area contributed by atoms with E-state index in [0.717, 1.165) is 23.5 Å². The van der Waals surface area contributed by atoms with E-state index in [2.05, 4.69) is 9.97 Å². The number of hydrogen-bond donors (Lipinski definition) is 2. The molecule has 3 aromatic heterocycles. The molecule has 3 heterocycles. The normalized spacial score (nSPS) is 11.2. The highest BCUT2D eigenvalue weighted by atomic mass is 32.1. The zero-order chi connectivity index (χ0) is 26.4. The predicted molar refractivity (Wildman–Crippen MR) is 128 cm³/mol. The average molecular weight is 529 g/mol. The van der Waals surface area contributed by atoms with Crippen molar-refractivity contribution in [2.24, 2.45) is 0 Å². The lowest BCUT2D eigenvalue weighted by molar-refractivity contribution is 0.0704. The van der Waals surface area contributed by atoms with Crippen LogP contribution in [0, 0.1) is 17.5 Å². The number of carbonyl (C=O) groups is 1. The molecule has 9 nitrogen and oxygen atoms in total. The number of benzene rings is 2. The minimum atomic E-state index is -1.39. The van der Waals surface area contributed by atoms with Gasteiger partial charge in [-0.2, -0.15) is 0 Å². The Bertz CT molecular complexity index is 1850. The number of rotatable bonds is 6. The van der Waals surface area contributed by atoms with Gasteiger partial charge in [0, 0.05) is 35.2 Å². The molecule has 0 aliphatic heterocycles. The van der Waals surface area contributed by atoms with Gasteiger partial charge in [0.15, 0.2) is 17.3 Å². The van der Waals surface area contributed by atoms with Gasteiger partial charge in [0.1, 0.15) is 23.1 Å². The summed E-state index contributed by atoms with van der Waals surface area (Å²) < 4.78 is 55.0. The van der Waals surface area contributed by atoms with Crippen molar-refractivity contribution in [3.63, 3.8) is 0 Å². The monoisotopic (exact) mass is 529 g/mol. The van der Waals surface area contributed by atoms with Crippen molar-refractivity contribution in [3.05, 3.63) is 90.6 Å². The lowest BCUT2D eigenvalue weighted by Gasteiger charge is -2.15. The number of aromatic amines is 1. The summed E-state index contributed by atoms with van der Waals surface area (Å²) in [7, 11) is 1.21. The van der Waals surface area contributed by atoms with Gasteiger partial charge in [0.25, 0.3) is 5.56 Å². The summed E-state index contributed by atoms with van der Waals surface area (Å²) >= 11 is 0.730. The second-order valence-electron chi connectivity index (χ2n) is 7.69. The summed E-state index contributed by atoms with van der Waals surface area (Å²) in [5.41, 5.74) is -2.74. The van der Waals surface area contributed by atoms with Crippen LogP contribution in [0.15, 0.2) is 51.5 Å². The minimum absolute atomic E-state index is 0.00907. The number of fused-ring (bicyclic) bond motifs is 2. The molecular formula is C24H14F3N3O6S. The van der Waals surface area contributed by atoms with Crippen LogP contribution in [0.3, 0.4) is 0 Å². The summed E-state index contributed by atoms with van der Waals surface area (Å²) in [4.78, 5) is 43.4. The maximum absolute atomic E-state index is 15.1. The second kappa shape index (κ2) is 9.09. The highest BCUT2D eigenvalue weighted by Gasteiger charge is 2.23. The van der Waals surface area contributed by atoms with Gasteiger partial charge < -0.3 is 19.6 Å². The van der Waals surface area contributed by atoms with E-state index in [1.807, 2.05) is 0 Å². The number of nitrogens with zero attached hydrogens (tertiary/aromatic N) is 2. The van der Waals surface area contributed by atoms with Crippen molar-refractivity contribution < 1.29 is 32.5 Å². The minimum Gasteiger partial charge on any atom is -0.493 e. The maximum Gasteiger partial charge on any atom is 0.346 e. The Morgan fingerprint density at radius 2 is 1.92 bits per heavy atom. The Hall–Kier alpha value is -4.65. The highest BCUT2D eigenvalue weighted by molar-refractivity contribution is 7.13. The van der Waals surface area contributed by atoms with Crippen molar-refractivity contribution in [2.75, 3.05) is 7.11 Å². The Balaban J connectivity index is 1.64. The molecule has 0 aliphatic carbocycles. The number of hydrogen-bond acceptors (Lipinski definition) is 7. The van der Waals surface area contributed by atoms with E-state index in [1.165, 1.54) is 30.8 Å². The van der Waals surface area contributed by atoms with Crippen LogP contribution >= 0.6 is 11.3 Å². The van der Waals surface area contributed by atoms with E-state index in [4.69, 9.17) is 9.47 Å². The van der Waals surface area contributed by atoms with Gasteiger partial charge in [-0.25, -0.2) is 27.3 Å². The molecule has 0 unspecified atom stereocenters. The number of aromatic carboxylic acids is 1. The summed E-state index contributed by atoms with van der Waals surface area (Å²) in [6.07, 6.45) is 1.35. The molecule has 0 aliphatic rings. The summed E-state index contributed by atoms with van der Waals surface area (Å²) in [5, 5.41) is 10.4. The SMILES string of the molecule is COc1cc(F)c(-n2c(=O)[nH]c3csc(C(=O)O)c3c2=O)cc1OCc1c(F)cc(F)c2cccnc12. The zero-order valence-electron chi connectivity index (χ0n) is 18.7. The first-order valence-corrected chi connectivity index (χ1v) is 11.3. The van der Waals surface area contributed by atoms with Crippen LogP contribution in [-0.4, -0.2) is 32.7 Å². The van der Waals surface area contributed by atoms with Gasteiger partial charge in [-0.1, -0.05) is 0 Å². The lowest BCUT2D eigenvalue weighted by atomic mass is 10.1. The van der Waals surface area contributed by atoms with Crippen molar-refractivity contribution >= 4 is 39.1 Å². The standard InChI is InChI=1S/C24H14F3N3O6S/c1-35-17-6-14(27)16(30-22(31)19-15(29-24(30)34)9-37-21(19)23(32)33)7-18(17)36-8-11-13(26)5-12(25)10-3-2-4-28-20(10)11/h2-7,9H,8H2,1H3,(H,29,34)(H,32,33). The van der Waals surface area contributed by atoms with E-state index >= 15 is 4.39 Å². The number of ether oxygens (including phenoxy) is 2. The average Bonchev–Trinajstić information content (AvgIpc) is 3.29. The van der Waals surface area contributed by atoms with Crippen LogP contribution < -0.4 is 20.7 Å². The van der Waals surface area contributed by atoms with Gasteiger partial charge in [0.05, 0.1) is 34.8 Å². The van der Waals surface area contributed by atoms with Gasteiger partial charge in [-0.15, -0.1) is 11.3 Å². The molecule has 2 N–H and O–H groups in total. The first-order chi connectivity index (χ1) is 17.7. The molecule has 0 radical (unpaired) electrons. The van der Waals surface area contributed by atoms with Crippen LogP contribution in [0.2, 0.25) is 0 Å². The van der Waals surface area contributed by atoms with Crippen LogP contribution in [-0.2, 0) is 6.61 Å². The van der Waals surface area contributed by atoms with Crippen LogP contribution in [0.4, 0.5) is 13.2 Å². The maximum atomic E-state index is 15.1. The quantitative estimate of drug-likeness (QED) is 0.341. The fraction of sp³-hybridized carbons (Fsp3) is 0.0833. The summed E-state index contributed by atoms with van der Waals surface area (Å²) in [5.74, 6) is -4.51. The number of carboxylic acid groups (broad SMARTS) is 1. The molecule has 0 saturated heterocycles. The molecule has 2 aromatic carbocycles. The third kappa shape index (κ3) is 3.98. The van der Waals surface area contributed by atoms with Crippen molar-refractivity contribution in [1.29, 1.82) is 0 Å². The number of aromatic nitrogens is 3. The molecule has 13 heteroatoms. The van der Waals surface area contributed by atoms with Gasteiger partial charge >= 0.3 is 11.7 Å². The Morgan fingerprint density at radius 1 is 1.14 bits per heavy atom. The molecule has 0 spiro atoms. The zero-order valence-corrected chi connectivity index (χ0v) is 19.5. The number of carboxylic acids is 1. The van der Waals surface area contributed by atoms with Crippen LogP contribution in [0.25, 0.3) is 27.5 Å². The number of nitrogens with one attached hydrogen (secondary N) is 1. The molecular weight excluding hydrogens is 515 g/mol. The van der Waals surface area contributed by atoms with Crippen molar-refractivity contribution in [2.45, 2.75) is 6.61 Å². The largest absolute Gasteiger partial charge is 0.493 e. The van der Waals surface area contributed by atoms with Crippen molar-refractivity contribution in [1.82, 2.24) is 14.5 Å². The predicted octanol–water partition coefficient (Wildman–Crippen LogP) is 3.99. The first-order valence-electron chi connectivity index (χ1n) is 10.4. The summed E-state index contributed by atoms with van der Waals surface area (Å²) in [6, 6.07) is 5.43. The fourth-order valence-corrected chi connectivity index (χ4v) is 4.73.